The van der Waals surface area contributed by atoms with Crippen molar-refractivity contribution >= 4 is 58.2 Å². The lowest BCUT2D eigenvalue weighted by Gasteiger charge is -2.19. The van der Waals surface area contributed by atoms with E-state index in [1.165, 1.54) is 0 Å². The van der Waals surface area contributed by atoms with Crippen molar-refractivity contribution in [2.45, 2.75) is 16.7 Å². The molecule has 26 heavy (non-hydrogen) atoms. The summed E-state index contributed by atoms with van der Waals surface area (Å²) in [5.74, 6) is 0.592. The first-order valence-electron chi connectivity index (χ1n) is 7.66. The zero-order valence-corrected chi connectivity index (χ0v) is 17.3. The second-order valence-corrected chi connectivity index (χ2v) is 8.49. The van der Waals surface area contributed by atoms with E-state index in [0.717, 1.165) is 4.90 Å². The summed E-state index contributed by atoms with van der Waals surface area (Å²) in [4.78, 5) is 5.02. The smallest absolute Gasteiger partial charge is 0.138 e. The van der Waals surface area contributed by atoms with Gasteiger partial charge in [0.25, 0.3) is 0 Å². The molecule has 0 N–H and O–H groups in total. The highest BCUT2D eigenvalue weighted by molar-refractivity contribution is 8.00. The predicted octanol–water partition coefficient (Wildman–Crippen LogP) is 6.74. The molecule has 0 radical (unpaired) electrons. The summed E-state index contributed by atoms with van der Waals surface area (Å²) < 4.78 is 7.92. The second kappa shape index (κ2) is 9.25. The average Bonchev–Trinajstić information content (AvgIpc) is 3.09. The van der Waals surface area contributed by atoms with Gasteiger partial charge in [0.15, 0.2) is 0 Å². The molecular formula is C18H14Cl4N2OS. The van der Waals surface area contributed by atoms with Gasteiger partial charge >= 0.3 is 0 Å². The zero-order chi connectivity index (χ0) is 18.5. The van der Waals surface area contributed by atoms with Crippen LogP contribution in [0, 0.1) is 0 Å². The molecule has 0 amide bonds. The van der Waals surface area contributed by atoms with Crippen LogP contribution in [0.15, 0.2) is 60.0 Å². The Hall–Kier alpha value is -1.04. The molecule has 1 unspecified atom stereocenters. The van der Waals surface area contributed by atoms with Gasteiger partial charge in [0.1, 0.15) is 12.4 Å². The van der Waals surface area contributed by atoms with E-state index >= 15 is 0 Å². The first kappa shape index (κ1) is 19.7. The minimum absolute atomic E-state index is 0.0784. The minimum atomic E-state index is 0.0784. The first-order chi connectivity index (χ1) is 12.5. The molecular weight excluding hydrogens is 434 g/mol. The molecule has 3 nitrogen and oxygen atoms in total. The lowest BCUT2D eigenvalue weighted by molar-refractivity contribution is 0.308. The lowest BCUT2D eigenvalue weighted by atomic mass is 10.3. The van der Waals surface area contributed by atoms with Gasteiger partial charge in [0.05, 0.1) is 21.6 Å². The van der Waals surface area contributed by atoms with Crippen LogP contribution in [0.25, 0.3) is 0 Å². The molecule has 2 aromatic carbocycles. The third kappa shape index (κ3) is 5.48. The molecule has 3 rings (SSSR count). The van der Waals surface area contributed by atoms with E-state index in [4.69, 9.17) is 51.1 Å². The Balaban J connectivity index is 1.74. The fraction of sp³-hybridized carbons (Fsp3) is 0.167. The summed E-state index contributed by atoms with van der Waals surface area (Å²) in [5, 5.41) is 2.35. The van der Waals surface area contributed by atoms with Crippen LogP contribution in [0.1, 0.15) is 0 Å². The van der Waals surface area contributed by atoms with E-state index in [0.29, 0.717) is 39.0 Å². The fourth-order valence-electron chi connectivity index (χ4n) is 2.28. The van der Waals surface area contributed by atoms with Crippen molar-refractivity contribution in [3.63, 3.8) is 0 Å². The monoisotopic (exact) mass is 446 g/mol. The molecule has 1 aromatic heterocycles. The van der Waals surface area contributed by atoms with Crippen LogP contribution in [-0.2, 0) is 6.54 Å². The van der Waals surface area contributed by atoms with Gasteiger partial charge < -0.3 is 9.30 Å². The minimum Gasteiger partial charge on any atom is -0.491 e. The molecule has 0 aliphatic carbocycles. The van der Waals surface area contributed by atoms with E-state index in [-0.39, 0.29) is 5.25 Å². The topological polar surface area (TPSA) is 27.1 Å². The van der Waals surface area contributed by atoms with Crippen molar-refractivity contribution in [3.8, 4) is 5.75 Å². The zero-order valence-electron chi connectivity index (χ0n) is 13.4. The largest absolute Gasteiger partial charge is 0.491 e. The van der Waals surface area contributed by atoms with E-state index in [1.807, 2.05) is 22.9 Å². The van der Waals surface area contributed by atoms with Gasteiger partial charge in [-0.05, 0) is 36.4 Å². The Bertz CT molecular complexity index is 874. The third-order valence-electron chi connectivity index (χ3n) is 3.48. The number of ether oxygens (including phenoxy) is 1. The van der Waals surface area contributed by atoms with Crippen LogP contribution < -0.4 is 4.74 Å². The molecule has 0 spiro atoms. The van der Waals surface area contributed by atoms with E-state index in [2.05, 4.69) is 4.98 Å². The van der Waals surface area contributed by atoms with E-state index < -0.39 is 0 Å². The maximum Gasteiger partial charge on any atom is 0.138 e. The Morgan fingerprint density at radius 1 is 1.00 bits per heavy atom. The number of nitrogens with zero attached hydrogens (tertiary/aromatic N) is 2. The number of aromatic nitrogens is 2. The first-order valence-corrected chi connectivity index (χ1v) is 10.1. The number of thioether (sulfide) groups is 1. The quantitative estimate of drug-likeness (QED) is 0.375. The molecule has 0 aliphatic rings. The summed E-state index contributed by atoms with van der Waals surface area (Å²) in [5.41, 5.74) is 0. The summed E-state index contributed by atoms with van der Waals surface area (Å²) in [7, 11) is 0. The van der Waals surface area contributed by atoms with Crippen LogP contribution in [0.5, 0.6) is 5.75 Å². The molecule has 0 bridgehead atoms. The Morgan fingerprint density at radius 2 is 1.73 bits per heavy atom. The molecule has 0 saturated carbocycles. The SMILES string of the molecule is Clc1ccc(OCC(Cn2ccnc2)Sc2ccc(Cl)cc2Cl)c(Cl)c1. The normalized spacial score (nSPS) is 12.2. The highest BCUT2D eigenvalue weighted by atomic mass is 35.5. The summed E-state index contributed by atoms with van der Waals surface area (Å²) in [6, 6.07) is 10.6. The van der Waals surface area contributed by atoms with Crippen LogP contribution >= 0.6 is 58.2 Å². The highest BCUT2D eigenvalue weighted by Gasteiger charge is 2.16. The van der Waals surface area contributed by atoms with Gasteiger partial charge in [-0.3, -0.25) is 0 Å². The number of hydrogen-bond donors (Lipinski definition) is 0. The molecule has 136 valence electrons. The van der Waals surface area contributed by atoms with Gasteiger partial charge in [-0.15, -0.1) is 11.8 Å². The van der Waals surface area contributed by atoms with Crippen molar-refractivity contribution in [1.82, 2.24) is 9.55 Å². The standard InChI is InChI=1S/C18H14Cl4N2OS/c19-12-1-3-17(15(21)7-12)25-10-14(9-24-6-5-23-11-24)26-18-4-2-13(20)8-16(18)22/h1-8,11,14H,9-10H2. The van der Waals surface area contributed by atoms with Crippen LogP contribution in [0.3, 0.4) is 0 Å². The predicted molar refractivity (Wildman–Crippen MR) is 110 cm³/mol. The average molecular weight is 448 g/mol. The van der Waals surface area contributed by atoms with Gasteiger partial charge in [-0.2, -0.15) is 0 Å². The number of hydrogen-bond acceptors (Lipinski definition) is 3. The van der Waals surface area contributed by atoms with Crippen molar-refractivity contribution in [2.75, 3.05) is 6.61 Å². The third-order valence-corrected chi connectivity index (χ3v) is 5.90. The summed E-state index contributed by atoms with van der Waals surface area (Å²) >= 11 is 26.0. The number of rotatable bonds is 7. The van der Waals surface area contributed by atoms with Crippen LogP contribution in [0.2, 0.25) is 20.1 Å². The second-order valence-electron chi connectivity index (χ2n) is 5.46. The van der Waals surface area contributed by atoms with Crippen molar-refractivity contribution < 1.29 is 4.74 Å². The molecule has 3 aromatic rings. The number of imidazole rings is 1. The highest BCUT2D eigenvalue weighted by Crippen LogP contribution is 2.34. The van der Waals surface area contributed by atoms with E-state index in [1.54, 1.807) is 48.6 Å². The molecule has 0 aliphatic heterocycles. The molecule has 0 fully saturated rings. The summed E-state index contributed by atoms with van der Waals surface area (Å²) in [6.45, 7) is 1.14. The van der Waals surface area contributed by atoms with Gasteiger partial charge in [0, 0.05) is 33.9 Å². The number of halogens is 4. The maximum absolute atomic E-state index is 6.31. The lowest BCUT2D eigenvalue weighted by Crippen LogP contribution is -2.20. The Labute approximate surface area is 176 Å². The van der Waals surface area contributed by atoms with E-state index in [9.17, 15) is 0 Å². The maximum atomic E-state index is 6.31. The Morgan fingerprint density at radius 3 is 2.38 bits per heavy atom. The van der Waals surface area contributed by atoms with Gasteiger partial charge in [0.2, 0.25) is 0 Å². The van der Waals surface area contributed by atoms with Crippen LogP contribution in [0.4, 0.5) is 0 Å². The van der Waals surface area contributed by atoms with Crippen molar-refractivity contribution in [3.05, 3.63) is 75.2 Å². The molecule has 0 saturated heterocycles. The molecule has 1 heterocycles. The molecule has 1 atom stereocenters. The van der Waals surface area contributed by atoms with Crippen LogP contribution in [-0.4, -0.2) is 21.4 Å². The van der Waals surface area contributed by atoms with Crippen molar-refractivity contribution in [2.24, 2.45) is 0 Å². The van der Waals surface area contributed by atoms with Gasteiger partial charge in [-0.25, -0.2) is 4.98 Å². The van der Waals surface area contributed by atoms with Gasteiger partial charge in [-0.1, -0.05) is 46.4 Å². The Kier molecular flexibility index (Phi) is 7.01. The molecule has 8 heteroatoms. The summed E-state index contributed by atoms with van der Waals surface area (Å²) in [6.07, 6.45) is 5.42. The number of benzene rings is 2. The fourth-order valence-corrected chi connectivity index (χ4v) is 4.34. The van der Waals surface area contributed by atoms with Crippen molar-refractivity contribution in [1.29, 1.82) is 0 Å².